The van der Waals surface area contributed by atoms with Crippen molar-refractivity contribution < 1.29 is 18.3 Å². The Morgan fingerprint density at radius 1 is 1.06 bits per heavy atom. The Morgan fingerprint density at radius 2 is 1.75 bits per heavy atom. The zero-order valence-electron chi connectivity index (χ0n) is 18.3. The van der Waals surface area contributed by atoms with E-state index in [0.29, 0.717) is 48.0 Å². The molecule has 7 rings (SSSR count). The molecule has 3 N–H and O–H groups in total. The summed E-state index contributed by atoms with van der Waals surface area (Å²) in [4.78, 5) is 22.4. The molecule has 1 aliphatic heterocycles. The lowest BCUT2D eigenvalue weighted by molar-refractivity contribution is -0.136. The first-order chi connectivity index (χ1) is 15.3. The molecule has 2 heterocycles. The zero-order valence-corrected chi connectivity index (χ0v) is 19.1. The van der Waals surface area contributed by atoms with Gasteiger partial charge >= 0.3 is 0 Å². The lowest BCUT2D eigenvalue weighted by Crippen LogP contribution is -2.61. The minimum atomic E-state index is -2.91. The van der Waals surface area contributed by atoms with Gasteiger partial charge in [0.2, 0.25) is 5.95 Å². The summed E-state index contributed by atoms with van der Waals surface area (Å²) < 4.78 is 23.4. The number of amides is 1. The quantitative estimate of drug-likeness (QED) is 0.614. The highest BCUT2D eigenvalue weighted by atomic mass is 32.2. The van der Waals surface area contributed by atoms with Crippen LogP contribution < -0.4 is 10.6 Å². The van der Waals surface area contributed by atoms with Crippen LogP contribution in [0.1, 0.15) is 79.8 Å². The summed E-state index contributed by atoms with van der Waals surface area (Å²) in [5.41, 5.74) is 0.869. The van der Waals surface area contributed by atoms with E-state index in [4.69, 9.17) is 4.98 Å². The third-order valence-corrected chi connectivity index (χ3v) is 10.2. The summed E-state index contributed by atoms with van der Waals surface area (Å²) in [6.07, 6.45) is 9.57. The van der Waals surface area contributed by atoms with Gasteiger partial charge in [0.1, 0.15) is 9.84 Å². The Kier molecular flexibility index (Phi) is 4.81. The molecule has 1 amide bonds. The minimum Gasteiger partial charge on any atom is -0.390 e. The number of nitrogens with zero attached hydrogens (tertiary/aromatic N) is 2. The van der Waals surface area contributed by atoms with Crippen LogP contribution in [0.5, 0.6) is 0 Å². The van der Waals surface area contributed by atoms with Crippen molar-refractivity contribution in [2.24, 2.45) is 17.8 Å². The Morgan fingerprint density at radius 3 is 2.38 bits per heavy atom. The van der Waals surface area contributed by atoms with Crippen LogP contribution in [0.3, 0.4) is 0 Å². The lowest BCUT2D eigenvalue weighted by Gasteiger charge is -2.58. The fourth-order valence-electron chi connectivity index (χ4n) is 6.97. The van der Waals surface area contributed by atoms with Crippen molar-refractivity contribution in [1.29, 1.82) is 0 Å². The number of hydrogen-bond donors (Lipinski definition) is 3. The fraction of sp³-hybridized carbons (Fsp3) is 0.783. The van der Waals surface area contributed by atoms with Gasteiger partial charge in [0.15, 0.2) is 0 Å². The summed E-state index contributed by atoms with van der Waals surface area (Å²) in [6.45, 7) is 0. The highest BCUT2D eigenvalue weighted by molar-refractivity contribution is 7.91. The van der Waals surface area contributed by atoms with Gasteiger partial charge in [-0.3, -0.25) is 4.79 Å². The standard InChI is InChI=1S/C23H32N4O4S/c28-21(26-19-15-7-13-8-16(19)11-23(29,9-13)10-15)18-12-24-22(27-20(18)14-1-2-14)25-17-3-5-32(30,31)6-4-17/h12-17,19,29H,1-11H2,(H,26,28)(H,24,25,27)/t13?,15?,16?,19-,23+. The zero-order chi connectivity index (χ0) is 22.1. The molecule has 2 atom stereocenters. The molecule has 1 aromatic rings. The predicted molar refractivity (Wildman–Crippen MR) is 119 cm³/mol. The van der Waals surface area contributed by atoms with Crippen LogP contribution in [0.15, 0.2) is 6.20 Å². The van der Waals surface area contributed by atoms with Gasteiger partial charge in [-0.15, -0.1) is 0 Å². The topological polar surface area (TPSA) is 121 Å². The number of sulfone groups is 1. The van der Waals surface area contributed by atoms with Gasteiger partial charge < -0.3 is 15.7 Å². The highest BCUT2D eigenvalue weighted by Crippen LogP contribution is 2.55. The molecule has 32 heavy (non-hydrogen) atoms. The van der Waals surface area contributed by atoms with Gasteiger partial charge in [-0.05, 0) is 75.5 Å². The Labute approximate surface area is 188 Å². The number of hydrogen-bond acceptors (Lipinski definition) is 7. The SMILES string of the molecule is O=C(N[C@H]1C2CC3CC1C[C@@](O)(C3)C2)c1cnc(NC2CCS(=O)(=O)CC2)nc1C1CC1. The van der Waals surface area contributed by atoms with E-state index in [-0.39, 0.29) is 29.5 Å². The molecule has 0 spiro atoms. The molecule has 0 radical (unpaired) electrons. The van der Waals surface area contributed by atoms with Gasteiger partial charge in [-0.1, -0.05) is 0 Å². The van der Waals surface area contributed by atoms with E-state index < -0.39 is 15.4 Å². The first-order valence-corrected chi connectivity index (χ1v) is 14.0. The smallest absolute Gasteiger partial charge is 0.254 e. The monoisotopic (exact) mass is 460 g/mol. The molecule has 2 unspecified atom stereocenters. The van der Waals surface area contributed by atoms with E-state index in [1.165, 1.54) is 0 Å². The summed E-state index contributed by atoms with van der Waals surface area (Å²) in [7, 11) is -2.91. The number of carbonyl (C=O) groups excluding carboxylic acids is 1. The molecule has 174 valence electrons. The van der Waals surface area contributed by atoms with E-state index >= 15 is 0 Å². The van der Waals surface area contributed by atoms with Gasteiger partial charge in [-0.2, -0.15) is 0 Å². The molecule has 1 aromatic heterocycles. The largest absolute Gasteiger partial charge is 0.390 e. The molecular weight excluding hydrogens is 428 g/mol. The van der Waals surface area contributed by atoms with E-state index in [9.17, 15) is 18.3 Å². The molecule has 6 aliphatic rings. The number of rotatable bonds is 5. The van der Waals surface area contributed by atoms with E-state index in [0.717, 1.165) is 50.6 Å². The van der Waals surface area contributed by atoms with Crippen molar-refractivity contribution in [3.63, 3.8) is 0 Å². The summed E-state index contributed by atoms with van der Waals surface area (Å²) in [5.74, 6) is 2.42. The van der Waals surface area contributed by atoms with Crippen LogP contribution in [-0.4, -0.2) is 58.6 Å². The van der Waals surface area contributed by atoms with Crippen molar-refractivity contribution in [1.82, 2.24) is 15.3 Å². The second-order valence-electron chi connectivity index (χ2n) is 11.0. The van der Waals surface area contributed by atoms with Crippen molar-refractivity contribution in [3.8, 4) is 0 Å². The molecule has 0 aromatic carbocycles. The molecule has 6 fully saturated rings. The first kappa shape index (κ1) is 20.8. The maximum absolute atomic E-state index is 13.3. The second-order valence-corrected chi connectivity index (χ2v) is 13.3. The second kappa shape index (κ2) is 7.38. The molecule has 8 nitrogen and oxygen atoms in total. The maximum atomic E-state index is 13.3. The van der Waals surface area contributed by atoms with Crippen molar-refractivity contribution in [2.75, 3.05) is 16.8 Å². The normalized spacial score (nSPS) is 37.9. The Balaban J connectivity index is 1.17. The third kappa shape index (κ3) is 3.91. The minimum absolute atomic E-state index is 0.0455. The van der Waals surface area contributed by atoms with Gasteiger partial charge in [0.05, 0.1) is 28.4 Å². The summed E-state index contributed by atoms with van der Waals surface area (Å²) in [5, 5.41) is 17.4. The summed E-state index contributed by atoms with van der Waals surface area (Å²) in [6, 6.07) is 0.178. The number of anilines is 1. The molecule has 9 heteroatoms. The molecular formula is C23H32N4O4S. The predicted octanol–water partition coefficient (Wildman–Crippen LogP) is 2.01. The number of nitrogens with one attached hydrogen (secondary N) is 2. The number of aliphatic hydroxyl groups is 1. The van der Waals surface area contributed by atoms with Crippen LogP contribution in [0.2, 0.25) is 0 Å². The number of carbonyl (C=O) groups is 1. The average molecular weight is 461 g/mol. The van der Waals surface area contributed by atoms with E-state index in [2.05, 4.69) is 15.6 Å². The lowest BCUT2D eigenvalue weighted by atomic mass is 9.52. The van der Waals surface area contributed by atoms with Crippen LogP contribution in [-0.2, 0) is 9.84 Å². The Bertz CT molecular complexity index is 1010. The van der Waals surface area contributed by atoms with Crippen molar-refractivity contribution >= 4 is 21.7 Å². The van der Waals surface area contributed by atoms with Crippen LogP contribution in [0.25, 0.3) is 0 Å². The molecule has 1 saturated heterocycles. The van der Waals surface area contributed by atoms with Gasteiger partial charge in [-0.25, -0.2) is 18.4 Å². The maximum Gasteiger partial charge on any atom is 0.254 e. The fourth-order valence-corrected chi connectivity index (χ4v) is 8.46. The average Bonchev–Trinajstić information content (AvgIpc) is 3.56. The van der Waals surface area contributed by atoms with Crippen LogP contribution >= 0.6 is 0 Å². The first-order valence-electron chi connectivity index (χ1n) is 12.1. The highest BCUT2D eigenvalue weighted by Gasteiger charge is 2.55. The van der Waals surface area contributed by atoms with Gasteiger partial charge in [0, 0.05) is 24.2 Å². The molecule has 5 aliphatic carbocycles. The number of aromatic nitrogens is 2. The summed E-state index contributed by atoms with van der Waals surface area (Å²) >= 11 is 0. The third-order valence-electron chi connectivity index (χ3n) is 8.45. The van der Waals surface area contributed by atoms with E-state index in [1.54, 1.807) is 6.20 Å². The van der Waals surface area contributed by atoms with Crippen LogP contribution in [0, 0.1) is 17.8 Å². The van der Waals surface area contributed by atoms with Gasteiger partial charge in [0.25, 0.3) is 5.91 Å². The van der Waals surface area contributed by atoms with Crippen LogP contribution in [0.4, 0.5) is 5.95 Å². The van der Waals surface area contributed by atoms with E-state index in [1.807, 2.05) is 0 Å². The molecule has 5 saturated carbocycles. The molecule has 4 bridgehead atoms. The Hall–Kier alpha value is -1.74. The van der Waals surface area contributed by atoms with Crippen molar-refractivity contribution in [2.45, 2.75) is 81.4 Å². The van der Waals surface area contributed by atoms with Crippen molar-refractivity contribution in [3.05, 3.63) is 17.5 Å².